The molecule has 6 rings (SSSR count). The van der Waals surface area contributed by atoms with E-state index in [1.165, 1.54) is 0 Å². The third kappa shape index (κ3) is 3.88. The van der Waals surface area contributed by atoms with E-state index < -0.39 is 73.4 Å². The van der Waals surface area contributed by atoms with Gasteiger partial charge in [-0.15, -0.1) is 0 Å². The van der Waals surface area contributed by atoms with Gasteiger partial charge in [-0.1, -0.05) is 54.6 Å². The zero-order valence-electron chi connectivity index (χ0n) is 20.6. The monoisotopic (exact) mass is 588 g/mol. The highest BCUT2D eigenvalue weighted by Gasteiger charge is 2.70. The van der Waals surface area contributed by atoms with E-state index in [4.69, 9.17) is 13.1 Å². The van der Waals surface area contributed by atoms with Crippen molar-refractivity contribution < 1.29 is 44.7 Å². The summed E-state index contributed by atoms with van der Waals surface area (Å²) in [6, 6.07) is 24.1. The average Bonchev–Trinajstić information content (AvgIpc) is 3.52. The quantitative estimate of drug-likeness (QED) is 0.354. The Kier molecular flexibility index (Phi) is 6.32. The van der Waals surface area contributed by atoms with Gasteiger partial charge in [0.15, 0.2) is 0 Å². The molecule has 2 aliphatic carbocycles. The molecule has 0 radical (unpaired) electrons. The van der Waals surface area contributed by atoms with Gasteiger partial charge in [0.25, 0.3) is 0 Å². The van der Waals surface area contributed by atoms with Crippen molar-refractivity contribution >= 4 is 38.1 Å². The Morgan fingerprint density at radius 2 is 1.27 bits per heavy atom. The summed E-state index contributed by atoms with van der Waals surface area (Å²) < 4.78 is 73.7. The fourth-order valence-electron chi connectivity index (χ4n) is 5.69. The van der Waals surface area contributed by atoms with Gasteiger partial charge in [-0.25, -0.2) is 8.42 Å². The number of carbonyl (C=O) groups excluding carboxylic acids is 3. The van der Waals surface area contributed by atoms with Crippen LogP contribution in [0.3, 0.4) is 0 Å². The topological polar surface area (TPSA) is 113 Å². The van der Waals surface area contributed by atoms with E-state index >= 15 is 8.78 Å². The number of alkyl halides is 2. The fourth-order valence-corrected chi connectivity index (χ4v) is 10.7. The Bertz CT molecular complexity index is 1490. The van der Waals surface area contributed by atoms with Gasteiger partial charge in [-0.3, -0.25) is 9.59 Å². The minimum absolute atomic E-state index is 0.00508. The highest BCUT2D eigenvalue weighted by molar-refractivity contribution is 8.33. The van der Waals surface area contributed by atoms with Crippen LogP contribution < -0.4 is 0 Å². The van der Waals surface area contributed by atoms with Crippen molar-refractivity contribution in [2.75, 3.05) is 0 Å². The molecule has 2 bridgehead atoms. The standard InChI is InChI=1S/C28H22F2O8S2/c29-28(30,27(33)37-24-21-16-20-22(23(21)31)25(24)36-26(20)32)40(34,35)38-39(17-10-4-1-5-11-17,18-12-6-2-7-13-18)19-14-8-3-9-15-19/h1-15,20-22,24-25H,16H2. The number of ether oxygens (including phenoxy) is 2. The summed E-state index contributed by atoms with van der Waals surface area (Å²) in [4.78, 5) is 38.2. The van der Waals surface area contributed by atoms with E-state index in [0.717, 1.165) is 0 Å². The number of esters is 2. The fraction of sp³-hybridized carbons (Fsp3) is 0.250. The van der Waals surface area contributed by atoms with Gasteiger partial charge < -0.3 is 9.47 Å². The van der Waals surface area contributed by atoms with Crippen LogP contribution in [0.25, 0.3) is 0 Å². The summed E-state index contributed by atoms with van der Waals surface area (Å²) in [5, 5.41) is -5.16. The van der Waals surface area contributed by atoms with E-state index in [1.54, 1.807) is 91.0 Å². The molecule has 3 aromatic rings. The lowest BCUT2D eigenvalue weighted by molar-refractivity contribution is -0.176. The van der Waals surface area contributed by atoms with Crippen molar-refractivity contribution in [3.05, 3.63) is 91.0 Å². The van der Waals surface area contributed by atoms with Gasteiger partial charge in [-0.2, -0.15) is 17.2 Å². The first kappa shape index (κ1) is 26.6. The van der Waals surface area contributed by atoms with E-state index in [1.807, 2.05) is 0 Å². The molecule has 2 saturated carbocycles. The number of hydrogen-bond acceptors (Lipinski definition) is 8. The lowest BCUT2D eigenvalue weighted by atomic mass is 9.88. The molecule has 1 heterocycles. The summed E-state index contributed by atoms with van der Waals surface area (Å²) in [7, 11) is -9.38. The molecule has 0 aromatic heterocycles. The van der Waals surface area contributed by atoms with Crippen LogP contribution >= 0.6 is 10.3 Å². The van der Waals surface area contributed by atoms with Crippen molar-refractivity contribution in [3.8, 4) is 0 Å². The zero-order valence-corrected chi connectivity index (χ0v) is 22.2. The van der Waals surface area contributed by atoms with Crippen molar-refractivity contribution in [1.82, 2.24) is 0 Å². The van der Waals surface area contributed by atoms with Gasteiger partial charge in [0.2, 0.25) is 0 Å². The Hall–Kier alpha value is -3.61. The average molecular weight is 589 g/mol. The second kappa shape index (κ2) is 9.50. The molecule has 3 aliphatic rings. The molecule has 1 aliphatic heterocycles. The summed E-state index contributed by atoms with van der Waals surface area (Å²) in [6.07, 6.45) is -2.72. The number of carbonyl (C=O) groups is 3. The molecule has 5 unspecified atom stereocenters. The van der Waals surface area contributed by atoms with Crippen molar-refractivity contribution in [3.63, 3.8) is 0 Å². The molecule has 208 valence electrons. The van der Waals surface area contributed by atoms with E-state index in [2.05, 4.69) is 0 Å². The molecule has 3 fully saturated rings. The molecule has 0 N–H and O–H groups in total. The maximum atomic E-state index is 15.6. The van der Waals surface area contributed by atoms with Gasteiger partial charge in [0, 0.05) is 14.7 Å². The second-order valence-corrected chi connectivity index (χ2v) is 14.2. The van der Waals surface area contributed by atoms with Crippen LogP contribution in [0.15, 0.2) is 106 Å². The van der Waals surface area contributed by atoms with Crippen LogP contribution in [0.5, 0.6) is 0 Å². The Morgan fingerprint density at radius 1 is 0.800 bits per heavy atom. The molecular weight excluding hydrogens is 566 g/mol. The van der Waals surface area contributed by atoms with Crippen LogP contribution in [0.2, 0.25) is 0 Å². The Morgan fingerprint density at radius 3 is 1.75 bits per heavy atom. The maximum absolute atomic E-state index is 15.6. The number of ketones is 1. The van der Waals surface area contributed by atoms with Crippen molar-refractivity contribution in [2.24, 2.45) is 17.8 Å². The van der Waals surface area contributed by atoms with Crippen LogP contribution in [0.1, 0.15) is 6.42 Å². The normalized spacial score (nSPS) is 26.0. The van der Waals surface area contributed by atoms with Crippen molar-refractivity contribution in [1.29, 1.82) is 0 Å². The second-order valence-electron chi connectivity index (χ2n) is 9.68. The summed E-state index contributed by atoms with van der Waals surface area (Å²) in [5.41, 5.74) is 0. The smallest absolute Gasteiger partial charge is 0.457 e. The number of fused-ring (bicyclic) bond motifs is 1. The maximum Gasteiger partial charge on any atom is 0.466 e. The van der Waals surface area contributed by atoms with Gasteiger partial charge in [0.05, 0.1) is 17.8 Å². The van der Waals surface area contributed by atoms with E-state index in [0.29, 0.717) is 14.7 Å². The van der Waals surface area contributed by atoms with Crippen LogP contribution in [-0.4, -0.2) is 43.6 Å². The first-order valence-corrected chi connectivity index (χ1v) is 15.3. The predicted octanol–water partition coefficient (Wildman–Crippen LogP) is 4.49. The molecule has 0 amide bonds. The summed E-state index contributed by atoms with van der Waals surface area (Å²) >= 11 is 0. The first-order chi connectivity index (χ1) is 19.1. The third-order valence-electron chi connectivity index (χ3n) is 7.48. The largest absolute Gasteiger partial charge is 0.466 e. The molecule has 0 spiro atoms. The highest BCUT2D eigenvalue weighted by Crippen LogP contribution is 2.70. The summed E-state index contributed by atoms with van der Waals surface area (Å²) in [5.74, 6) is -6.08. The van der Waals surface area contributed by atoms with Gasteiger partial charge in [-0.05, 0) is 53.1 Å². The van der Waals surface area contributed by atoms with Gasteiger partial charge in [0.1, 0.15) is 18.0 Å². The number of rotatable bonds is 8. The molecule has 8 nitrogen and oxygen atoms in total. The van der Waals surface area contributed by atoms with Crippen LogP contribution in [0.4, 0.5) is 8.78 Å². The zero-order chi connectivity index (χ0) is 28.3. The third-order valence-corrected chi connectivity index (χ3v) is 12.6. The number of Topliss-reactive ketones (excluding diaryl/α,β-unsaturated/α-hetero) is 1. The first-order valence-electron chi connectivity index (χ1n) is 12.4. The lowest BCUT2D eigenvalue weighted by Gasteiger charge is -2.40. The lowest BCUT2D eigenvalue weighted by Crippen LogP contribution is -2.45. The summed E-state index contributed by atoms with van der Waals surface area (Å²) in [6.45, 7) is 0. The van der Waals surface area contributed by atoms with Crippen molar-refractivity contribution in [2.45, 2.75) is 38.6 Å². The minimum atomic E-state index is -6.02. The number of hydrogen-bond donors (Lipinski definition) is 0. The molecule has 5 atom stereocenters. The highest BCUT2D eigenvalue weighted by atomic mass is 32.3. The molecule has 12 heteroatoms. The molecular formula is C28H22F2O8S2. The van der Waals surface area contributed by atoms with Gasteiger partial charge >= 0.3 is 27.3 Å². The SMILES string of the molecule is O=C1OC2C(OC(=O)C(F)(F)S(=O)(=O)OS(c3ccccc3)(c3ccccc3)c3ccccc3)C3CC1C2C3=O. The molecule has 1 saturated heterocycles. The Labute approximate surface area is 229 Å². The predicted molar refractivity (Wildman–Crippen MR) is 137 cm³/mol. The van der Waals surface area contributed by atoms with Crippen LogP contribution in [0, 0.1) is 17.8 Å². The Balaban J connectivity index is 1.39. The molecule has 40 heavy (non-hydrogen) atoms. The van der Waals surface area contributed by atoms with Crippen LogP contribution in [-0.2, 0) is 37.6 Å². The van der Waals surface area contributed by atoms with E-state index in [9.17, 15) is 22.8 Å². The number of halogens is 2. The molecule has 3 aromatic carbocycles. The van der Waals surface area contributed by atoms with E-state index in [-0.39, 0.29) is 6.42 Å². The minimum Gasteiger partial charge on any atom is -0.457 e. The number of benzene rings is 3.